The van der Waals surface area contributed by atoms with Gasteiger partial charge in [0.05, 0.1) is 5.92 Å². The minimum absolute atomic E-state index is 0.122. The van der Waals surface area contributed by atoms with Gasteiger partial charge >= 0.3 is 24.2 Å². The van der Waals surface area contributed by atoms with Crippen LogP contribution in [-0.2, 0) is 28.5 Å². The topological polar surface area (TPSA) is 129 Å². The molecular formula is C23H32FNO9. The van der Waals surface area contributed by atoms with Gasteiger partial charge in [0, 0.05) is 5.92 Å². The number of halogens is 1. The van der Waals surface area contributed by atoms with Gasteiger partial charge in [0.15, 0.2) is 12.3 Å². The molecule has 3 saturated carbocycles. The van der Waals surface area contributed by atoms with Crippen LogP contribution in [0.1, 0.15) is 46.5 Å². The highest BCUT2D eigenvalue weighted by molar-refractivity contribution is 5.92. The van der Waals surface area contributed by atoms with Gasteiger partial charge in [-0.2, -0.15) is 0 Å². The molecule has 0 radical (unpaired) electrons. The Morgan fingerprint density at radius 3 is 2.59 bits per heavy atom. The van der Waals surface area contributed by atoms with Crippen LogP contribution >= 0.6 is 0 Å². The monoisotopic (exact) mass is 485 g/mol. The lowest BCUT2D eigenvalue weighted by molar-refractivity contribution is -0.150. The van der Waals surface area contributed by atoms with Crippen molar-refractivity contribution in [2.45, 2.75) is 64.3 Å². The minimum Gasteiger partial charge on any atom is -0.465 e. The summed E-state index contributed by atoms with van der Waals surface area (Å²) in [5, 5.41) is 9.39. The van der Waals surface area contributed by atoms with E-state index in [4.69, 9.17) is 18.9 Å². The summed E-state index contributed by atoms with van der Waals surface area (Å²) in [4.78, 5) is 49.2. The van der Waals surface area contributed by atoms with Gasteiger partial charge in [-0.1, -0.05) is 27.2 Å². The van der Waals surface area contributed by atoms with Crippen molar-refractivity contribution in [1.82, 2.24) is 4.90 Å². The lowest BCUT2D eigenvalue weighted by Gasteiger charge is -2.36. The number of hydrogen-bond acceptors (Lipinski definition) is 8. The number of alkyl halides is 1. The molecule has 5 unspecified atom stereocenters. The van der Waals surface area contributed by atoms with E-state index in [0.717, 1.165) is 19.3 Å². The summed E-state index contributed by atoms with van der Waals surface area (Å²) in [6.07, 6.45) is -1.49. The first-order chi connectivity index (χ1) is 16.1. The average Bonchev–Trinajstić information content (AvgIpc) is 3.23. The van der Waals surface area contributed by atoms with Crippen molar-refractivity contribution in [3.05, 3.63) is 0 Å². The van der Waals surface area contributed by atoms with Gasteiger partial charge in [0.1, 0.15) is 25.5 Å². The third-order valence-electron chi connectivity index (χ3n) is 7.99. The zero-order chi connectivity index (χ0) is 24.8. The Labute approximate surface area is 197 Å². The zero-order valence-corrected chi connectivity index (χ0v) is 19.6. The molecule has 1 aliphatic heterocycles. The second-order valence-corrected chi connectivity index (χ2v) is 10.3. The van der Waals surface area contributed by atoms with E-state index >= 15 is 0 Å². The fourth-order valence-corrected chi connectivity index (χ4v) is 6.27. The second kappa shape index (κ2) is 9.22. The minimum atomic E-state index is -2.00. The Hall–Kier alpha value is -2.59. The summed E-state index contributed by atoms with van der Waals surface area (Å²) in [5.41, 5.74) is -2.00. The normalized spacial score (nSPS) is 38.4. The summed E-state index contributed by atoms with van der Waals surface area (Å²) >= 11 is 0. The second-order valence-electron chi connectivity index (χ2n) is 10.3. The molecular weight excluding hydrogens is 453 g/mol. The Morgan fingerprint density at radius 2 is 1.91 bits per heavy atom. The number of nitrogens with zero attached hydrogens (tertiary/aromatic N) is 1. The van der Waals surface area contributed by atoms with E-state index in [9.17, 15) is 28.7 Å². The van der Waals surface area contributed by atoms with Crippen molar-refractivity contribution >= 4 is 24.2 Å². The molecule has 0 aromatic rings. The molecule has 0 aromatic heterocycles. The van der Waals surface area contributed by atoms with Crippen molar-refractivity contribution in [3.8, 4) is 0 Å². The van der Waals surface area contributed by atoms with Crippen molar-refractivity contribution in [3.63, 3.8) is 0 Å². The number of carbonyl (C=O) groups excluding carboxylic acids is 3. The van der Waals surface area contributed by atoms with E-state index in [-0.39, 0.29) is 31.7 Å². The van der Waals surface area contributed by atoms with Crippen LogP contribution in [0, 0.1) is 35.5 Å². The van der Waals surface area contributed by atoms with Gasteiger partial charge < -0.3 is 24.1 Å². The highest BCUT2D eigenvalue weighted by Gasteiger charge is 2.80. The number of ether oxygens (including phenoxy) is 4. The molecule has 4 fully saturated rings. The molecule has 1 N–H and O–H groups in total. The van der Waals surface area contributed by atoms with Gasteiger partial charge in [-0.15, -0.1) is 0 Å². The molecule has 1 amide bonds. The van der Waals surface area contributed by atoms with Crippen LogP contribution in [0.4, 0.5) is 14.0 Å². The third kappa shape index (κ3) is 4.07. The summed E-state index contributed by atoms with van der Waals surface area (Å²) in [6, 6.07) is 0. The molecule has 11 heteroatoms. The van der Waals surface area contributed by atoms with E-state index in [1.165, 1.54) is 0 Å². The molecule has 8 atom stereocenters. The fourth-order valence-electron chi connectivity index (χ4n) is 6.27. The number of amides is 1. The molecule has 4 rings (SSSR count). The Balaban J connectivity index is 1.24. The summed E-state index contributed by atoms with van der Waals surface area (Å²) < 4.78 is 35.3. The van der Waals surface area contributed by atoms with Crippen molar-refractivity contribution in [2.75, 3.05) is 19.9 Å². The maximum atomic E-state index is 14.7. The van der Waals surface area contributed by atoms with Crippen molar-refractivity contribution in [2.24, 2.45) is 35.5 Å². The molecule has 3 aliphatic carbocycles. The molecule has 0 aromatic carbocycles. The maximum Gasteiger partial charge on any atom is 0.508 e. The lowest BCUT2D eigenvalue weighted by Crippen LogP contribution is -2.58. The summed E-state index contributed by atoms with van der Waals surface area (Å²) in [6.45, 7) is 5.34. The fraction of sp³-hybridized carbons (Fsp3) is 0.826. The SMILES string of the molecule is CC(C)[C@@H]1CC[C@@H](C)C[C@H]1OC(=O)OCCOC(=O)C1C2CC(F)C3(C(=O)OCN3C(=O)O)C21. The van der Waals surface area contributed by atoms with Crippen LogP contribution in [0.3, 0.4) is 0 Å². The summed E-state index contributed by atoms with van der Waals surface area (Å²) in [5.74, 6) is -2.65. The van der Waals surface area contributed by atoms with Crippen molar-refractivity contribution < 1.29 is 47.6 Å². The molecule has 34 heavy (non-hydrogen) atoms. The molecule has 1 heterocycles. The van der Waals surface area contributed by atoms with Crippen molar-refractivity contribution in [1.29, 1.82) is 0 Å². The van der Waals surface area contributed by atoms with Crippen LogP contribution in [-0.4, -0.2) is 72.0 Å². The molecule has 1 saturated heterocycles. The van der Waals surface area contributed by atoms with Gasteiger partial charge in [0.2, 0.25) is 0 Å². The smallest absolute Gasteiger partial charge is 0.465 e. The largest absolute Gasteiger partial charge is 0.508 e. The Kier molecular flexibility index (Phi) is 6.65. The molecule has 0 bridgehead atoms. The molecule has 4 aliphatic rings. The first-order valence-corrected chi connectivity index (χ1v) is 11.9. The summed E-state index contributed by atoms with van der Waals surface area (Å²) in [7, 11) is 0. The highest BCUT2D eigenvalue weighted by Crippen LogP contribution is 2.66. The highest BCUT2D eigenvalue weighted by atomic mass is 19.1. The molecule has 10 nitrogen and oxygen atoms in total. The maximum absolute atomic E-state index is 14.7. The first-order valence-electron chi connectivity index (χ1n) is 11.9. The lowest BCUT2D eigenvalue weighted by atomic mass is 9.75. The number of carboxylic acid groups (broad SMARTS) is 1. The molecule has 190 valence electrons. The van der Waals surface area contributed by atoms with E-state index in [0.29, 0.717) is 16.7 Å². The zero-order valence-electron chi connectivity index (χ0n) is 19.6. The standard InChI is InChI=1S/C23H32FNO9/c1-11(2)13-5-4-12(3)8-15(13)34-22(30)32-7-6-31-19(26)17-14-9-16(24)23(18(14)17)20(27)33-10-25(23)21(28)29/h11-18H,4-10H2,1-3H3,(H,28,29)/t12-,13+,14?,15-,16?,17?,18?,23?/m1/s1. The number of rotatable bonds is 6. The number of esters is 2. The predicted molar refractivity (Wildman–Crippen MR) is 112 cm³/mol. The van der Waals surface area contributed by atoms with Crippen LogP contribution in [0.5, 0.6) is 0 Å². The van der Waals surface area contributed by atoms with E-state index in [1.54, 1.807) is 0 Å². The number of fused-ring (bicyclic) bond motifs is 2. The predicted octanol–water partition coefficient (Wildman–Crippen LogP) is 2.98. The van der Waals surface area contributed by atoms with Crippen LogP contribution in [0.15, 0.2) is 0 Å². The van der Waals surface area contributed by atoms with E-state index < -0.39 is 60.4 Å². The van der Waals surface area contributed by atoms with Gasteiger partial charge in [-0.25, -0.2) is 18.8 Å². The Bertz CT molecular complexity index is 850. The van der Waals surface area contributed by atoms with E-state index in [1.807, 2.05) is 0 Å². The van der Waals surface area contributed by atoms with Gasteiger partial charge in [-0.05, 0) is 42.9 Å². The quantitative estimate of drug-likeness (QED) is 0.343. The van der Waals surface area contributed by atoms with Crippen LogP contribution in [0.25, 0.3) is 0 Å². The first kappa shape index (κ1) is 24.5. The number of hydrogen-bond donors (Lipinski definition) is 1. The third-order valence-corrected chi connectivity index (χ3v) is 7.99. The van der Waals surface area contributed by atoms with Gasteiger partial charge in [-0.3, -0.25) is 9.69 Å². The Morgan fingerprint density at radius 1 is 1.21 bits per heavy atom. The average molecular weight is 486 g/mol. The number of carbonyl (C=O) groups is 4. The van der Waals surface area contributed by atoms with E-state index in [2.05, 4.69) is 20.8 Å². The molecule has 1 spiro atoms. The number of cyclic esters (lactones) is 1. The van der Waals surface area contributed by atoms with Crippen LogP contribution in [0.2, 0.25) is 0 Å². The van der Waals surface area contributed by atoms with Gasteiger partial charge in [0.25, 0.3) is 0 Å². The van der Waals surface area contributed by atoms with Crippen LogP contribution < -0.4 is 0 Å².